The highest BCUT2D eigenvalue weighted by Gasteiger charge is 2.38. The van der Waals surface area contributed by atoms with E-state index in [4.69, 9.17) is 8.83 Å². The van der Waals surface area contributed by atoms with Gasteiger partial charge in [0, 0.05) is 87.8 Å². The molecule has 2 aliphatic carbocycles. The number of furan rings is 2. The van der Waals surface area contributed by atoms with Crippen LogP contribution in [-0.2, 0) is 51.4 Å². The molecule has 8 aromatic rings. The number of rotatable bonds is 21. The van der Waals surface area contributed by atoms with Crippen LogP contribution in [0.2, 0.25) is 0 Å². The van der Waals surface area contributed by atoms with E-state index in [9.17, 15) is 44.4 Å². The third kappa shape index (κ3) is 16.9. The smallest absolute Gasteiger partial charge is 0.224 e. The molecule has 0 radical (unpaired) electrons. The van der Waals surface area contributed by atoms with Crippen molar-refractivity contribution in [2.45, 2.75) is 108 Å². The Balaban J connectivity index is 0.000000171. The van der Waals surface area contributed by atoms with Crippen molar-refractivity contribution in [2.75, 3.05) is 52.4 Å². The summed E-state index contributed by atoms with van der Waals surface area (Å²) in [7, 11) is 0. The van der Waals surface area contributed by atoms with E-state index >= 15 is 0 Å². The third-order valence-electron chi connectivity index (χ3n) is 17.7. The average molecular weight is 1210 g/mol. The standard InChI is InChI=1S/C36H41N3O5.C27H35N3O4.C9H6O2/c1-24(40)32-23-38(22-30-19-27-12-6-8-14-34(27)44-30)15-16-39(32)21-29(41)18-28(17-25-9-3-2-4-10-25)36(43)37-35-31-13-7-5-11-26(31)20-33(35)42;1-18(31)24-16-28-11-12-30(24)17-22(32)14-21(13-19-7-3-2-4-8-19)27(34)29-26-23-10-6-5-9-20(23)15-25(26)33;10-6-8-5-7-3-1-2-4-9(7)11-8/h2-14,19,28-29,32-33,35,41-42H,15-18,20-23H2,1H3,(H,37,43);2-10,21-22,24-26,28,32-33H,11-17H2,1H3,(H,29,34);1-6H/t;21-,22?,24?,25?,26?;/m.1./s1. The summed E-state index contributed by atoms with van der Waals surface area (Å²) in [6, 6.07) is 52.9. The molecule has 2 aliphatic heterocycles. The molecule has 89 heavy (non-hydrogen) atoms. The van der Waals surface area contributed by atoms with E-state index in [1.807, 2.05) is 163 Å². The van der Waals surface area contributed by atoms with Gasteiger partial charge < -0.3 is 45.2 Å². The molecule has 466 valence electrons. The number of hydrogen-bond acceptors (Lipinski definition) is 15. The second-order valence-corrected chi connectivity index (χ2v) is 24.2. The molecule has 4 heterocycles. The number of Topliss-reactive ketones (excluding diaryl/α,β-unsaturated/α-hetero) is 2. The number of carbonyl (C=O) groups is 5. The number of benzene rings is 6. The highest BCUT2D eigenvalue weighted by atomic mass is 16.3. The van der Waals surface area contributed by atoms with Gasteiger partial charge in [-0.05, 0) is 97.2 Å². The van der Waals surface area contributed by atoms with Gasteiger partial charge in [0.15, 0.2) is 12.0 Å². The molecule has 17 nitrogen and oxygen atoms in total. The van der Waals surface area contributed by atoms with E-state index in [0.29, 0.717) is 83.5 Å². The first-order chi connectivity index (χ1) is 43.2. The predicted octanol–water partition coefficient (Wildman–Crippen LogP) is 7.37. The van der Waals surface area contributed by atoms with Crippen LogP contribution in [-0.4, -0.2) is 154 Å². The number of piperazine rings is 2. The van der Waals surface area contributed by atoms with Crippen LogP contribution in [0.3, 0.4) is 0 Å². The Morgan fingerprint density at radius 2 is 1.06 bits per heavy atom. The largest absolute Gasteiger partial charge is 0.460 e. The second kappa shape index (κ2) is 30.5. The van der Waals surface area contributed by atoms with Crippen molar-refractivity contribution in [3.05, 3.63) is 215 Å². The minimum absolute atomic E-state index is 0.0546. The molecule has 6 aromatic carbocycles. The Hall–Kier alpha value is -7.97. The molecule has 12 rings (SSSR count). The second-order valence-electron chi connectivity index (χ2n) is 24.2. The van der Waals surface area contributed by atoms with Gasteiger partial charge in [0.05, 0.1) is 55.1 Å². The Bertz CT molecular complexity index is 3580. The summed E-state index contributed by atoms with van der Waals surface area (Å²) in [5.74, 6) is 0.0527. The van der Waals surface area contributed by atoms with Crippen LogP contribution in [0.5, 0.6) is 0 Å². The molecule has 7 N–H and O–H groups in total. The van der Waals surface area contributed by atoms with Gasteiger partial charge in [-0.2, -0.15) is 0 Å². The van der Waals surface area contributed by atoms with Gasteiger partial charge in [0.2, 0.25) is 11.8 Å². The predicted molar refractivity (Wildman–Crippen MR) is 341 cm³/mol. The van der Waals surface area contributed by atoms with Crippen LogP contribution in [0.4, 0.5) is 0 Å². The number of aliphatic hydroxyl groups excluding tert-OH is 4. The number of β-amino-alcohol motifs (C(OH)–C–C–N with tert-alkyl or cyclic N) is 2. The van der Waals surface area contributed by atoms with Gasteiger partial charge in [0.1, 0.15) is 28.5 Å². The van der Waals surface area contributed by atoms with Crippen LogP contribution < -0.4 is 16.0 Å². The lowest BCUT2D eigenvalue weighted by Crippen LogP contribution is -2.57. The first-order valence-electron chi connectivity index (χ1n) is 31.1. The van der Waals surface area contributed by atoms with Crippen LogP contribution in [0.15, 0.2) is 179 Å². The first-order valence-corrected chi connectivity index (χ1v) is 31.1. The molecule has 9 unspecified atom stereocenters. The Labute approximate surface area is 519 Å². The molecule has 2 fully saturated rings. The number of para-hydroxylation sites is 2. The zero-order chi connectivity index (χ0) is 62.4. The highest BCUT2D eigenvalue weighted by molar-refractivity contribution is 5.85. The summed E-state index contributed by atoms with van der Waals surface area (Å²) in [5.41, 5.74) is 7.63. The number of carbonyl (C=O) groups excluding carboxylic acids is 5. The fraction of sp³-hybridized carbons (Fsp3) is 0.375. The van der Waals surface area contributed by atoms with E-state index in [2.05, 4.69) is 31.8 Å². The number of fused-ring (bicyclic) bond motifs is 4. The Kier molecular flexibility index (Phi) is 21.9. The maximum Gasteiger partial charge on any atom is 0.224 e. The van der Waals surface area contributed by atoms with Crippen molar-refractivity contribution in [3.63, 3.8) is 0 Å². The Morgan fingerprint density at radius 1 is 0.584 bits per heavy atom. The van der Waals surface area contributed by atoms with E-state index < -0.39 is 48.3 Å². The number of hydrogen-bond donors (Lipinski definition) is 7. The van der Waals surface area contributed by atoms with E-state index in [1.165, 1.54) is 0 Å². The number of aldehydes is 1. The fourth-order valence-corrected chi connectivity index (χ4v) is 13.1. The zero-order valence-corrected chi connectivity index (χ0v) is 50.6. The number of nitrogens with zero attached hydrogens (tertiary/aromatic N) is 3. The topological polar surface area (TPSA) is 238 Å². The number of aliphatic hydroxyl groups is 4. The monoisotopic (exact) mass is 1210 g/mol. The normalized spacial score (nSPS) is 21.4. The van der Waals surface area contributed by atoms with Gasteiger partial charge >= 0.3 is 0 Å². The molecular formula is C72H82N6O11. The van der Waals surface area contributed by atoms with Gasteiger partial charge in [-0.1, -0.05) is 146 Å². The van der Waals surface area contributed by atoms with Crippen molar-refractivity contribution in [1.29, 1.82) is 0 Å². The van der Waals surface area contributed by atoms with Gasteiger partial charge in [0.25, 0.3) is 0 Å². The van der Waals surface area contributed by atoms with Crippen LogP contribution in [0, 0.1) is 11.8 Å². The summed E-state index contributed by atoms with van der Waals surface area (Å²) < 4.78 is 11.2. The lowest BCUT2D eigenvalue weighted by atomic mass is 9.91. The molecule has 17 heteroatoms. The van der Waals surface area contributed by atoms with Crippen molar-refractivity contribution in [2.24, 2.45) is 11.8 Å². The summed E-state index contributed by atoms with van der Waals surface area (Å²) in [6.07, 6.45) is 0.298. The van der Waals surface area contributed by atoms with Gasteiger partial charge in [-0.25, -0.2) is 0 Å². The lowest BCUT2D eigenvalue weighted by Gasteiger charge is -2.41. The van der Waals surface area contributed by atoms with Crippen molar-refractivity contribution in [1.82, 2.24) is 30.7 Å². The average Bonchev–Trinajstić information content (AvgIpc) is 2.51. The minimum Gasteiger partial charge on any atom is -0.460 e. The number of nitrogens with one attached hydrogen (secondary N) is 3. The number of amides is 2. The lowest BCUT2D eigenvalue weighted by molar-refractivity contribution is -0.129. The van der Waals surface area contributed by atoms with Gasteiger partial charge in [-0.15, -0.1) is 0 Å². The molecule has 10 atom stereocenters. The van der Waals surface area contributed by atoms with Crippen LogP contribution in [0.25, 0.3) is 21.9 Å². The molecule has 0 spiro atoms. The molecule has 4 aliphatic rings. The van der Waals surface area contributed by atoms with E-state index in [0.717, 1.165) is 74.2 Å². The Morgan fingerprint density at radius 3 is 1.56 bits per heavy atom. The molecule has 0 saturated carbocycles. The van der Waals surface area contributed by atoms with Crippen LogP contribution in [0.1, 0.15) is 88.5 Å². The van der Waals surface area contributed by atoms with Crippen molar-refractivity contribution >= 4 is 51.6 Å². The third-order valence-corrected chi connectivity index (χ3v) is 17.7. The van der Waals surface area contributed by atoms with Crippen molar-refractivity contribution in [3.8, 4) is 0 Å². The molecule has 2 amide bonds. The molecule has 2 aromatic heterocycles. The minimum atomic E-state index is -0.806. The first kappa shape index (κ1) is 64.0. The fourth-order valence-electron chi connectivity index (χ4n) is 13.1. The highest BCUT2D eigenvalue weighted by Crippen LogP contribution is 2.34. The van der Waals surface area contributed by atoms with Crippen LogP contribution >= 0.6 is 0 Å². The SMILES string of the molecule is CC(=O)C1CN(Cc2cc3ccccc3o2)CCN1CC(O)CC(Cc1ccccc1)C(=O)NC1c2ccccc2CC1O.CC(=O)C1CNCCN1CC(O)C[C@@H](Cc1ccccc1)C(=O)NC1c2ccccc2CC1O.O=Cc1cc2ccccc2o1. The maximum absolute atomic E-state index is 13.7. The van der Waals surface area contributed by atoms with E-state index in [1.54, 1.807) is 19.9 Å². The summed E-state index contributed by atoms with van der Waals surface area (Å²) in [5, 5.41) is 55.1. The summed E-state index contributed by atoms with van der Waals surface area (Å²) in [4.78, 5) is 68.5. The number of ketones is 2. The molecule has 0 bridgehead atoms. The summed E-state index contributed by atoms with van der Waals surface area (Å²) >= 11 is 0. The van der Waals surface area contributed by atoms with Crippen molar-refractivity contribution < 1.29 is 53.2 Å². The van der Waals surface area contributed by atoms with Gasteiger partial charge in [-0.3, -0.25) is 38.7 Å². The van der Waals surface area contributed by atoms with E-state index in [-0.39, 0.29) is 48.3 Å². The molecular weight excluding hydrogens is 1120 g/mol. The molecule has 2 saturated heterocycles. The summed E-state index contributed by atoms with van der Waals surface area (Å²) in [6.45, 7) is 8.38. The maximum atomic E-state index is 13.7. The quantitative estimate of drug-likeness (QED) is 0.0348. The zero-order valence-electron chi connectivity index (χ0n) is 50.6.